The van der Waals surface area contributed by atoms with Crippen LogP contribution >= 0.6 is 0 Å². The number of aryl methyl sites for hydroxylation is 2. The molecule has 2 heterocycles. The Hall–Kier alpha value is -5.86. The lowest BCUT2D eigenvalue weighted by Gasteiger charge is -2.18. The molecule has 7 aromatic carbocycles. The lowest BCUT2D eigenvalue weighted by atomic mass is 9.88. The molecule has 0 atom stereocenters. The molecule has 0 bridgehead atoms. The Morgan fingerprint density at radius 2 is 0.812 bits per heavy atom. The minimum atomic E-state index is 0.958. The Bertz CT molecular complexity index is 2760. The van der Waals surface area contributed by atoms with Crippen LogP contribution in [-0.4, -0.2) is 9.97 Å². The Labute approximate surface area is 280 Å². The second-order valence-corrected chi connectivity index (χ2v) is 13.0. The second kappa shape index (κ2) is 10.9. The summed E-state index contributed by atoms with van der Waals surface area (Å²) in [6.45, 7) is 8.83. The van der Waals surface area contributed by atoms with Crippen LogP contribution in [0.5, 0.6) is 0 Å². The lowest BCUT2D eigenvalue weighted by Crippen LogP contribution is -2.00. The zero-order chi connectivity index (χ0) is 32.5. The first-order valence-electron chi connectivity index (χ1n) is 16.7. The molecule has 2 heteroatoms. The molecule has 9 rings (SSSR count). The summed E-state index contributed by atoms with van der Waals surface area (Å²) in [6, 6.07) is 48.2. The monoisotopic (exact) mass is 614 g/mol. The molecule has 0 saturated carbocycles. The molecule has 228 valence electrons. The fraction of sp³-hybridized carbons (Fsp3) is 0.0870. The van der Waals surface area contributed by atoms with Crippen molar-refractivity contribution in [1.82, 2.24) is 9.97 Å². The van der Waals surface area contributed by atoms with Crippen molar-refractivity contribution in [3.8, 4) is 33.6 Å². The van der Waals surface area contributed by atoms with Gasteiger partial charge < -0.3 is 0 Å². The van der Waals surface area contributed by atoms with Crippen LogP contribution in [0.3, 0.4) is 0 Å². The van der Waals surface area contributed by atoms with Gasteiger partial charge in [0.05, 0.1) is 22.4 Å². The van der Waals surface area contributed by atoms with Crippen LogP contribution in [0, 0.1) is 27.7 Å². The minimum absolute atomic E-state index is 0.958. The maximum absolute atomic E-state index is 5.52. The summed E-state index contributed by atoms with van der Waals surface area (Å²) in [5.74, 6) is 0. The van der Waals surface area contributed by atoms with Crippen LogP contribution in [0.15, 0.2) is 133 Å². The van der Waals surface area contributed by atoms with Crippen molar-refractivity contribution in [1.29, 1.82) is 0 Å². The SMILES string of the molecule is Cc1c(-c2ccccc2)nc2c(ccc3c(C)c(C)c(-c4ccc(-c5cc6ccccc6c6ccccc56)c5ccccc45)nc32)c1C. The number of nitrogens with zero attached hydrogens (tertiary/aromatic N) is 2. The number of rotatable bonds is 3. The van der Waals surface area contributed by atoms with Gasteiger partial charge in [0.15, 0.2) is 0 Å². The quantitative estimate of drug-likeness (QED) is 0.185. The van der Waals surface area contributed by atoms with E-state index in [4.69, 9.17) is 9.97 Å². The predicted octanol–water partition coefficient (Wildman–Crippen LogP) is 12.5. The second-order valence-electron chi connectivity index (χ2n) is 13.0. The summed E-state index contributed by atoms with van der Waals surface area (Å²) in [7, 11) is 0. The number of pyridine rings is 2. The largest absolute Gasteiger partial charge is 0.245 e. The zero-order valence-electron chi connectivity index (χ0n) is 27.6. The summed E-state index contributed by atoms with van der Waals surface area (Å²) in [5.41, 5.74) is 13.6. The van der Waals surface area contributed by atoms with E-state index in [0.717, 1.165) is 44.3 Å². The van der Waals surface area contributed by atoms with E-state index in [0.29, 0.717) is 0 Å². The third kappa shape index (κ3) is 4.19. The third-order valence-electron chi connectivity index (χ3n) is 10.5. The van der Waals surface area contributed by atoms with Crippen LogP contribution in [0.4, 0.5) is 0 Å². The van der Waals surface area contributed by atoms with E-state index in [1.165, 1.54) is 65.7 Å². The van der Waals surface area contributed by atoms with E-state index in [2.05, 4.69) is 161 Å². The highest BCUT2D eigenvalue weighted by molar-refractivity contribution is 6.17. The van der Waals surface area contributed by atoms with E-state index in [1.807, 2.05) is 0 Å². The number of fused-ring (bicyclic) bond motifs is 7. The fourth-order valence-electron chi connectivity index (χ4n) is 7.72. The Balaban J connectivity index is 1.32. The van der Waals surface area contributed by atoms with Gasteiger partial charge in [-0.2, -0.15) is 0 Å². The van der Waals surface area contributed by atoms with Gasteiger partial charge in [-0.25, -0.2) is 9.97 Å². The van der Waals surface area contributed by atoms with Crippen molar-refractivity contribution in [3.63, 3.8) is 0 Å². The topological polar surface area (TPSA) is 25.8 Å². The number of benzene rings is 7. The van der Waals surface area contributed by atoms with Crippen molar-refractivity contribution < 1.29 is 0 Å². The van der Waals surface area contributed by atoms with E-state index >= 15 is 0 Å². The molecule has 0 aliphatic heterocycles. The highest BCUT2D eigenvalue weighted by atomic mass is 14.8. The smallest absolute Gasteiger partial charge is 0.0975 e. The molecule has 0 unspecified atom stereocenters. The van der Waals surface area contributed by atoms with Gasteiger partial charge in [-0.15, -0.1) is 0 Å². The van der Waals surface area contributed by atoms with Gasteiger partial charge in [0.1, 0.15) is 0 Å². The molecule has 48 heavy (non-hydrogen) atoms. The summed E-state index contributed by atoms with van der Waals surface area (Å²) in [5, 5.41) is 9.82. The molecule has 0 spiro atoms. The molecule has 2 nitrogen and oxygen atoms in total. The van der Waals surface area contributed by atoms with Crippen LogP contribution in [0.25, 0.3) is 87.8 Å². The van der Waals surface area contributed by atoms with Crippen molar-refractivity contribution in [2.24, 2.45) is 0 Å². The molecule has 9 aromatic rings. The van der Waals surface area contributed by atoms with Gasteiger partial charge >= 0.3 is 0 Å². The molecular weight excluding hydrogens is 581 g/mol. The highest BCUT2D eigenvalue weighted by Gasteiger charge is 2.20. The summed E-state index contributed by atoms with van der Waals surface area (Å²) in [4.78, 5) is 10.9. The van der Waals surface area contributed by atoms with Gasteiger partial charge in [0, 0.05) is 21.9 Å². The average molecular weight is 615 g/mol. The molecule has 0 radical (unpaired) electrons. The first kappa shape index (κ1) is 28.4. The molecule has 0 aliphatic rings. The van der Waals surface area contributed by atoms with Crippen LogP contribution in [-0.2, 0) is 0 Å². The van der Waals surface area contributed by atoms with E-state index < -0.39 is 0 Å². The molecule has 2 aromatic heterocycles. The molecular formula is C46H34N2. The Kier molecular flexibility index (Phi) is 6.42. The summed E-state index contributed by atoms with van der Waals surface area (Å²) < 4.78 is 0. The van der Waals surface area contributed by atoms with Gasteiger partial charge in [0.2, 0.25) is 0 Å². The fourth-order valence-corrected chi connectivity index (χ4v) is 7.72. The maximum Gasteiger partial charge on any atom is 0.0975 e. The summed E-state index contributed by atoms with van der Waals surface area (Å²) >= 11 is 0. The van der Waals surface area contributed by atoms with Crippen molar-refractivity contribution >= 4 is 54.1 Å². The first-order valence-corrected chi connectivity index (χ1v) is 16.7. The molecule has 0 fully saturated rings. The average Bonchev–Trinajstić information content (AvgIpc) is 3.14. The predicted molar refractivity (Wildman–Crippen MR) is 205 cm³/mol. The highest BCUT2D eigenvalue weighted by Crippen LogP contribution is 2.42. The standard InChI is InChI=1S/C46H34N2/c1-27-29(3)43(31-14-6-5-7-15-31)47-45-33(27)22-23-34-28(2)30(4)44(48-46(34)45)41-25-24-40(37-19-11-12-20-38(37)41)42-26-32-16-8-9-17-35(32)36-18-10-13-21-39(36)42/h5-26H,1-4H3. The lowest BCUT2D eigenvalue weighted by molar-refractivity contribution is 1.26. The zero-order valence-corrected chi connectivity index (χ0v) is 27.6. The number of hydrogen-bond donors (Lipinski definition) is 0. The van der Waals surface area contributed by atoms with Crippen molar-refractivity contribution in [2.75, 3.05) is 0 Å². The molecule has 0 aliphatic carbocycles. The van der Waals surface area contributed by atoms with Gasteiger partial charge in [-0.05, 0) is 99.5 Å². The molecule has 0 N–H and O–H groups in total. The van der Waals surface area contributed by atoms with Crippen LogP contribution in [0.2, 0.25) is 0 Å². The van der Waals surface area contributed by atoms with E-state index in [-0.39, 0.29) is 0 Å². The molecule has 0 saturated heterocycles. The van der Waals surface area contributed by atoms with Crippen LogP contribution < -0.4 is 0 Å². The van der Waals surface area contributed by atoms with Gasteiger partial charge in [-0.1, -0.05) is 127 Å². The number of hydrogen-bond acceptors (Lipinski definition) is 2. The van der Waals surface area contributed by atoms with E-state index in [9.17, 15) is 0 Å². The maximum atomic E-state index is 5.52. The Morgan fingerprint density at radius 3 is 1.48 bits per heavy atom. The van der Waals surface area contributed by atoms with Crippen LogP contribution in [0.1, 0.15) is 22.3 Å². The normalized spacial score (nSPS) is 11.8. The van der Waals surface area contributed by atoms with Gasteiger partial charge in [0.25, 0.3) is 0 Å². The third-order valence-corrected chi connectivity index (χ3v) is 10.5. The van der Waals surface area contributed by atoms with E-state index in [1.54, 1.807) is 0 Å². The van der Waals surface area contributed by atoms with Gasteiger partial charge in [-0.3, -0.25) is 0 Å². The summed E-state index contributed by atoms with van der Waals surface area (Å²) in [6.07, 6.45) is 0. The minimum Gasteiger partial charge on any atom is -0.245 e. The Morgan fingerprint density at radius 1 is 0.333 bits per heavy atom. The van der Waals surface area contributed by atoms with Crippen molar-refractivity contribution in [3.05, 3.63) is 156 Å². The number of aromatic nitrogens is 2. The van der Waals surface area contributed by atoms with Crippen molar-refractivity contribution in [2.45, 2.75) is 27.7 Å². The molecule has 0 amide bonds. The first-order chi connectivity index (χ1) is 23.5.